The van der Waals surface area contributed by atoms with E-state index in [0.717, 1.165) is 54.1 Å². The van der Waals surface area contributed by atoms with Crippen LogP contribution in [0.1, 0.15) is 49.7 Å². The van der Waals surface area contributed by atoms with Crippen LogP contribution in [0.4, 0.5) is 0 Å². The van der Waals surface area contributed by atoms with Crippen molar-refractivity contribution in [1.82, 2.24) is 4.72 Å². The summed E-state index contributed by atoms with van der Waals surface area (Å²) in [6.45, 7) is 3.89. The standard InChI is InChI=1S/C28H34N2O3S2/c1-17-3-7-20(8-4-17)34(31,30-35(32,33)21-9-5-18(2)6-10-21)29-28-14-25-22-11-19-12-23(25)27(16-28)24(13-19)26(22)15-28/h3-10,19,22-27H,11-16H2,1-2H3,(H,29,30,31). The molecular formula is C28H34N2O3S2. The predicted octanol–water partition coefficient (Wildman–Crippen LogP) is 5.48. The number of sulfonamides is 1. The summed E-state index contributed by atoms with van der Waals surface area (Å²) in [4.78, 5) is 0.545. The van der Waals surface area contributed by atoms with Crippen LogP contribution in [0.15, 0.2) is 62.1 Å². The topological polar surface area (TPSA) is 75.6 Å². The number of hydrogen-bond donors (Lipinski definition) is 1. The van der Waals surface area contributed by atoms with E-state index in [2.05, 4.69) is 8.49 Å². The zero-order chi connectivity index (χ0) is 24.2. The second kappa shape index (κ2) is 7.42. The quantitative estimate of drug-likeness (QED) is 0.578. The monoisotopic (exact) mass is 510 g/mol. The van der Waals surface area contributed by atoms with Crippen molar-refractivity contribution in [3.63, 3.8) is 0 Å². The SMILES string of the molecule is Cc1ccc(S(=O)(=O)N=S(=O)(NC23CC4C5CC6CC4C(C2)C(C6)C5C3)c2ccc(C)cc2)cc1. The second-order valence-corrected chi connectivity index (χ2v) is 16.0. The molecule has 0 heterocycles. The van der Waals surface area contributed by atoms with Gasteiger partial charge in [0.2, 0.25) is 0 Å². The Bertz CT molecular complexity index is 1340. The van der Waals surface area contributed by atoms with Crippen LogP contribution in [0.2, 0.25) is 0 Å². The molecule has 2 aromatic rings. The molecule has 5 nitrogen and oxygen atoms in total. The molecule has 7 heteroatoms. The van der Waals surface area contributed by atoms with Crippen molar-refractivity contribution >= 4 is 19.9 Å². The molecule has 0 saturated heterocycles. The lowest BCUT2D eigenvalue weighted by atomic mass is 9.34. The molecule has 35 heavy (non-hydrogen) atoms. The fourth-order valence-electron chi connectivity index (χ4n) is 9.06. The summed E-state index contributed by atoms with van der Waals surface area (Å²) in [7, 11) is -7.51. The lowest BCUT2D eigenvalue weighted by molar-refractivity contribution is -0.211. The smallest absolute Gasteiger partial charge is 0.228 e. The molecule has 7 saturated carbocycles. The first-order valence-corrected chi connectivity index (χ1v) is 16.1. The number of benzene rings is 2. The van der Waals surface area contributed by atoms with E-state index < -0.39 is 19.9 Å². The van der Waals surface area contributed by atoms with Crippen molar-refractivity contribution in [2.24, 2.45) is 45.2 Å². The summed E-state index contributed by atoms with van der Waals surface area (Å²) in [5, 5.41) is 0. The summed E-state index contributed by atoms with van der Waals surface area (Å²) in [5.41, 5.74) is 1.72. The van der Waals surface area contributed by atoms with Gasteiger partial charge in [-0.3, -0.25) is 0 Å². The Morgan fingerprint density at radius 2 is 1.11 bits per heavy atom. The molecule has 2 aromatic carbocycles. The van der Waals surface area contributed by atoms with E-state index in [9.17, 15) is 12.6 Å². The Hall–Kier alpha value is -1.70. The largest absolute Gasteiger partial charge is 0.291 e. The summed E-state index contributed by atoms with van der Waals surface area (Å²) in [6.07, 6.45) is 7.17. The third-order valence-corrected chi connectivity index (χ3v) is 14.3. The average molecular weight is 511 g/mol. The first kappa shape index (κ1) is 22.5. The van der Waals surface area contributed by atoms with Crippen LogP contribution >= 0.6 is 0 Å². The highest BCUT2D eigenvalue weighted by Gasteiger charge is 2.67. The van der Waals surface area contributed by atoms with Gasteiger partial charge in [0.15, 0.2) is 9.92 Å². The van der Waals surface area contributed by atoms with Gasteiger partial charge in [0.1, 0.15) is 0 Å². The zero-order valence-corrected chi connectivity index (χ0v) is 22.0. The van der Waals surface area contributed by atoms with Gasteiger partial charge < -0.3 is 0 Å². The third kappa shape index (κ3) is 3.41. The molecule has 1 N–H and O–H groups in total. The highest BCUT2D eigenvalue weighted by molar-refractivity contribution is 8.02. The minimum Gasteiger partial charge on any atom is -0.228 e. The van der Waals surface area contributed by atoms with Crippen LogP contribution in [0.3, 0.4) is 0 Å². The molecule has 0 aromatic heterocycles. The molecule has 186 valence electrons. The normalized spacial score (nSPS) is 40.1. The molecule has 0 amide bonds. The summed E-state index contributed by atoms with van der Waals surface area (Å²) < 4.78 is 49.3. The number of rotatable bonds is 5. The van der Waals surface area contributed by atoms with Crippen molar-refractivity contribution in [3.05, 3.63) is 59.7 Å². The molecule has 0 spiro atoms. The molecular weight excluding hydrogens is 476 g/mol. The number of nitrogens with one attached hydrogen (secondary N) is 1. The average Bonchev–Trinajstić information content (AvgIpc) is 2.81. The van der Waals surface area contributed by atoms with Crippen LogP contribution in [0.5, 0.6) is 0 Å². The van der Waals surface area contributed by atoms with E-state index in [1.54, 1.807) is 36.4 Å². The van der Waals surface area contributed by atoms with Gasteiger partial charge in [-0.05, 0) is 118 Å². The number of hydrogen-bond acceptors (Lipinski definition) is 3. The summed E-state index contributed by atoms with van der Waals surface area (Å²) in [5.74, 6) is 5.51. The first-order chi connectivity index (χ1) is 16.6. The number of aryl methyl sites for hydroxylation is 2. The first-order valence-electron chi connectivity index (χ1n) is 13.1. The van der Waals surface area contributed by atoms with Gasteiger partial charge in [-0.2, -0.15) is 8.42 Å². The Morgan fingerprint density at radius 3 is 1.57 bits per heavy atom. The van der Waals surface area contributed by atoms with Gasteiger partial charge in [-0.15, -0.1) is 0 Å². The Balaban J connectivity index is 1.32. The molecule has 8 bridgehead atoms. The Morgan fingerprint density at radius 1 is 0.686 bits per heavy atom. The van der Waals surface area contributed by atoms with E-state index >= 15 is 0 Å². The maximum Gasteiger partial charge on any atom is 0.291 e. The van der Waals surface area contributed by atoms with Crippen molar-refractivity contribution in [1.29, 1.82) is 0 Å². The highest BCUT2D eigenvalue weighted by Crippen LogP contribution is 2.72. The van der Waals surface area contributed by atoms with Crippen molar-refractivity contribution < 1.29 is 12.6 Å². The molecule has 9 rings (SSSR count). The van der Waals surface area contributed by atoms with Gasteiger partial charge >= 0.3 is 0 Å². The van der Waals surface area contributed by atoms with Crippen molar-refractivity contribution in [2.45, 2.75) is 67.7 Å². The van der Waals surface area contributed by atoms with Crippen LogP contribution < -0.4 is 4.72 Å². The van der Waals surface area contributed by atoms with E-state index in [1.807, 2.05) is 26.0 Å². The van der Waals surface area contributed by atoms with Gasteiger partial charge in [0.05, 0.1) is 9.79 Å². The van der Waals surface area contributed by atoms with Gasteiger partial charge in [-0.25, -0.2) is 8.93 Å². The van der Waals surface area contributed by atoms with E-state index in [4.69, 9.17) is 0 Å². The molecule has 7 fully saturated rings. The second-order valence-electron chi connectivity index (χ2n) is 12.3. The number of nitrogens with zero attached hydrogens (tertiary/aromatic N) is 1. The van der Waals surface area contributed by atoms with Gasteiger partial charge in [0, 0.05) is 5.54 Å². The summed E-state index contributed by atoms with van der Waals surface area (Å²) >= 11 is 0. The molecule has 1 unspecified atom stereocenters. The zero-order valence-electron chi connectivity index (χ0n) is 20.4. The fraction of sp³-hybridized carbons (Fsp3) is 0.571. The minimum absolute atomic E-state index is 0.0882. The van der Waals surface area contributed by atoms with E-state index in [1.165, 1.54) is 19.3 Å². The van der Waals surface area contributed by atoms with Crippen molar-refractivity contribution in [2.75, 3.05) is 0 Å². The molecule has 7 aliphatic rings. The molecule has 0 radical (unpaired) electrons. The van der Waals surface area contributed by atoms with Crippen LogP contribution in [-0.2, 0) is 19.9 Å². The lowest BCUT2D eigenvalue weighted by Crippen LogP contribution is -2.71. The van der Waals surface area contributed by atoms with E-state index in [0.29, 0.717) is 22.6 Å². The van der Waals surface area contributed by atoms with Crippen LogP contribution in [0, 0.1) is 55.3 Å². The highest BCUT2D eigenvalue weighted by atomic mass is 32.3. The maximum atomic E-state index is 14.7. The molecule has 0 aliphatic heterocycles. The lowest BCUT2D eigenvalue weighted by Gasteiger charge is -2.72. The minimum atomic E-state index is -4.11. The predicted molar refractivity (Wildman–Crippen MR) is 136 cm³/mol. The van der Waals surface area contributed by atoms with Crippen LogP contribution in [0.25, 0.3) is 0 Å². The summed E-state index contributed by atoms with van der Waals surface area (Å²) in [6, 6.07) is 14.0. The van der Waals surface area contributed by atoms with Crippen LogP contribution in [-0.4, -0.2) is 18.2 Å². The molecule has 7 aliphatic carbocycles. The van der Waals surface area contributed by atoms with E-state index in [-0.39, 0.29) is 10.4 Å². The Labute approximate surface area is 209 Å². The molecule has 1 atom stereocenters. The Kier molecular flexibility index (Phi) is 4.77. The third-order valence-electron chi connectivity index (χ3n) is 10.2. The van der Waals surface area contributed by atoms with Gasteiger partial charge in [0.25, 0.3) is 10.0 Å². The van der Waals surface area contributed by atoms with Crippen molar-refractivity contribution in [3.8, 4) is 0 Å². The maximum absolute atomic E-state index is 14.7. The van der Waals surface area contributed by atoms with Gasteiger partial charge in [-0.1, -0.05) is 39.2 Å². The fourth-order valence-corrected chi connectivity index (χ4v) is 12.9.